The van der Waals surface area contributed by atoms with Crippen LogP contribution in [0.4, 0.5) is 0 Å². The van der Waals surface area contributed by atoms with Gasteiger partial charge in [0, 0.05) is 25.2 Å². The monoisotopic (exact) mass is 208 g/mol. The van der Waals surface area contributed by atoms with Gasteiger partial charge in [0.1, 0.15) is 0 Å². The SMILES string of the molecule is C#CC(CC)N1CC(C(C)C)NCC1C. The second kappa shape index (κ2) is 5.53. The van der Waals surface area contributed by atoms with E-state index in [2.05, 4.69) is 43.8 Å². The Morgan fingerprint density at radius 1 is 1.53 bits per heavy atom. The molecule has 1 aliphatic rings. The van der Waals surface area contributed by atoms with Crippen molar-refractivity contribution in [3.63, 3.8) is 0 Å². The smallest absolute Gasteiger partial charge is 0.0712 e. The molecule has 1 rings (SSSR count). The Hall–Kier alpha value is -0.520. The molecule has 0 aromatic heterocycles. The minimum absolute atomic E-state index is 0.309. The van der Waals surface area contributed by atoms with Crippen LogP contribution in [0.5, 0.6) is 0 Å². The number of nitrogens with one attached hydrogen (secondary N) is 1. The van der Waals surface area contributed by atoms with Crippen LogP contribution in [0.2, 0.25) is 0 Å². The molecule has 0 bridgehead atoms. The molecule has 15 heavy (non-hydrogen) atoms. The summed E-state index contributed by atoms with van der Waals surface area (Å²) in [6.07, 6.45) is 6.63. The van der Waals surface area contributed by atoms with Crippen molar-refractivity contribution in [2.24, 2.45) is 5.92 Å². The molecule has 2 heteroatoms. The van der Waals surface area contributed by atoms with Crippen molar-refractivity contribution in [3.05, 3.63) is 0 Å². The number of piperazine rings is 1. The summed E-state index contributed by atoms with van der Waals surface area (Å²) in [5.74, 6) is 3.59. The van der Waals surface area contributed by atoms with E-state index in [4.69, 9.17) is 6.42 Å². The molecule has 1 saturated heterocycles. The first-order chi connectivity index (χ1) is 7.10. The number of hydrogen-bond acceptors (Lipinski definition) is 2. The summed E-state index contributed by atoms with van der Waals surface area (Å²) in [6, 6.07) is 1.45. The van der Waals surface area contributed by atoms with Crippen LogP contribution in [-0.4, -0.2) is 36.1 Å². The first-order valence-electron chi connectivity index (χ1n) is 6.05. The maximum Gasteiger partial charge on any atom is 0.0712 e. The molecule has 86 valence electrons. The lowest BCUT2D eigenvalue weighted by Crippen LogP contribution is -2.59. The highest BCUT2D eigenvalue weighted by atomic mass is 15.2. The summed E-state index contributed by atoms with van der Waals surface area (Å²) < 4.78 is 0. The molecule has 1 N–H and O–H groups in total. The Morgan fingerprint density at radius 3 is 2.67 bits per heavy atom. The van der Waals surface area contributed by atoms with Gasteiger partial charge in [0.2, 0.25) is 0 Å². The van der Waals surface area contributed by atoms with Crippen LogP contribution in [0.15, 0.2) is 0 Å². The van der Waals surface area contributed by atoms with Gasteiger partial charge in [-0.1, -0.05) is 26.7 Å². The molecule has 3 unspecified atom stereocenters. The topological polar surface area (TPSA) is 15.3 Å². The molecule has 0 spiro atoms. The van der Waals surface area contributed by atoms with Gasteiger partial charge in [-0.25, -0.2) is 0 Å². The van der Waals surface area contributed by atoms with Crippen molar-refractivity contribution in [2.75, 3.05) is 13.1 Å². The quantitative estimate of drug-likeness (QED) is 0.710. The predicted molar refractivity (Wildman–Crippen MR) is 65.7 cm³/mol. The Labute approximate surface area is 94.4 Å². The maximum atomic E-state index is 5.59. The average molecular weight is 208 g/mol. The lowest BCUT2D eigenvalue weighted by Gasteiger charge is -2.42. The fourth-order valence-corrected chi connectivity index (χ4v) is 2.24. The fraction of sp³-hybridized carbons (Fsp3) is 0.846. The first-order valence-corrected chi connectivity index (χ1v) is 6.05. The zero-order valence-corrected chi connectivity index (χ0v) is 10.5. The van der Waals surface area contributed by atoms with E-state index >= 15 is 0 Å². The highest BCUT2D eigenvalue weighted by Crippen LogP contribution is 2.16. The van der Waals surface area contributed by atoms with Crippen molar-refractivity contribution in [3.8, 4) is 12.3 Å². The van der Waals surface area contributed by atoms with Gasteiger partial charge in [0.15, 0.2) is 0 Å². The van der Waals surface area contributed by atoms with E-state index in [0.29, 0.717) is 24.0 Å². The molecule has 0 aromatic carbocycles. The first kappa shape index (κ1) is 12.5. The van der Waals surface area contributed by atoms with Gasteiger partial charge in [-0.05, 0) is 19.3 Å². The van der Waals surface area contributed by atoms with Crippen LogP contribution < -0.4 is 5.32 Å². The zero-order valence-electron chi connectivity index (χ0n) is 10.5. The fourth-order valence-electron chi connectivity index (χ4n) is 2.24. The molecule has 1 aliphatic heterocycles. The molecule has 2 nitrogen and oxygen atoms in total. The highest BCUT2D eigenvalue weighted by molar-refractivity contribution is 5.03. The Balaban J connectivity index is 2.65. The van der Waals surface area contributed by atoms with Crippen molar-refractivity contribution >= 4 is 0 Å². The van der Waals surface area contributed by atoms with Crippen LogP contribution in [0, 0.1) is 18.3 Å². The van der Waals surface area contributed by atoms with Crippen molar-refractivity contribution in [1.29, 1.82) is 0 Å². The van der Waals surface area contributed by atoms with Crippen LogP contribution in [0.3, 0.4) is 0 Å². The number of hydrogen-bond donors (Lipinski definition) is 1. The Bertz CT molecular complexity index is 229. The summed E-state index contributed by atoms with van der Waals surface area (Å²) in [7, 11) is 0. The van der Waals surface area contributed by atoms with Gasteiger partial charge < -0.3 is 5.32 Å². The maximum absolute atomic E-state index is 5.59. The van der Waals surface area contributed by atoms with Crippen molar-refractivity contribution < 1.29 is 0 Å². The van der Waals surface area contributed by atoms with Crippen molar-refractivity contribution in [2.45, 2.75) is 52.2 Å². The van der Waals surface area contributed by atoms with Crippen LogP contribution in [0.1, 0.15) is 34.1 Å². The number of nitrogens with zero attached hydrogens (tertiary/aromatic N) is 1. The van der Waals surface area contributed by atoms with Gasteiger partial charge in [-0.3, -0.25) is 4.90 Å². The summed E-state index contributed by atoms with van der Waals surface area (Å²) in [5, 5.41) is 3.59. The van der Waals surface area contributed by atoms with E-state index in [1.54, 1.807) is 0 Å². The Morgan fingerprint density at radius 2 is 2.20 bits per heavy atom. The summed E-state index contributed by atoms with van der Waals surface area (Å²) in [4.78, 5) is 2.47. The lowest BCUT2D eigenvalue weighted by molar-refractivity contribution is 0.0987. The highest BCUT2D eigenvalue weighted by Gasteiger charge is 2.29. The van der Waals surface area contributed by atoms with Crippen LogP contribution in [0.25, 0.3) is 0 Å². The summed E-state index contributed by atoms with van der Waals surface area (Å²) >= 11 is 0. The Kier molecular flexibility index (Phi) is 4.63. The standard InChI is InChI=1S/C13H24N2/c1-6-12(7-2)15-9-13(10(3)4)14-8-11(15)5/h1,10-14H,7-9H2,2-5H3. The van der Waals surface area contributed by atoms with Gasteiger partial charge in [0.25, 0.3) is 0 Å². The van der Waals surface area contributed by atoms with Crippen LogP contribution in [-0.2, 0) is 0 Å². The van der Waals surface area contributed by atoms with Crippen molar-refractivity contribution in [1.82, 2.24) is 10.2 Å². The average Bonchev–Trinajstić information content (AvgIpc) is 2.22. The van der Waals surface area contributed by atoms with E-state index in [0.717, 1.165) is 19.5 Å². The van der Waals surface area contributed by atoms with E-state index in [-0.39, 0.29) is 0 Å². The molecule has 1 heterocycles. The van der Waals surface area contributed by atoms with Gasteiger partial charge in [-0.15, -0.1) is 6.42 Å². The largest absolute Gasteiger partial charge is 0.311 e. The second-order valence-corrected chi connectivity index (χ2v) is 4.90. The van der Waals surface area contributed by atoms with Gasteiger partial charge >= 0.3 is 0 Å². The summed E-state index contributed by atoms with van der Waals surface area (Å²) in [6.45, 7) is 11.1. The van der Waals surface area contributed by atoms with E-state index < -0.39 is 0 Å². The number of rotatable bonds is 3. The van der Waals surface area contributed by atoms with E-state index in [1.807, 2.05) is 0 Å². The second-order valence-electron chi connectivity index (χ2n) is 4.90. The lowest BCUT2D eigenvalue weighted by atomic mass is 9.98. The normalized spacial score (nSPS) is 30.1. The van der Waals surface area contributed by atoms with E-state index in [1.165, 1.54) is 0 Å². The van der Waals surface area contributed by atoms with Crippen LogP contribution >= 0.6 is 0 Å². The predicted octanol–water partition coefficient (Wildman–Crippen LogP) is 1.72. The third-order valence-corrected chi connectivity index (χ3v) is 3.43. The zero-order chi connectivity index (χ0) is 11.4. The third kappa shape index (κ3) is 2.96. The molecule has 0 amide bonds. The molecule has 0 saturated carbocycles. The molecule has 1 fully saturated rings. The minimum Gasteiger partial charge on any atom is -0.311 e. The molecule has 0 aromatic rings. The van der Waals surface area contributed by atoms with E-state index in [9.17, 15) is 0 Å². The molecular weight excluding hydrogens is 184 g/mol. The van der Waals surface area contributed by atoms with Gasteiger partial charge in [-0.2, -0.15) is 0 Å². The molecule has 3 atom stereocenters. The molecule has 0 aliphatic carbocycles. The number of terminal acetylenes is 1. The molecule has 0 radical (unpaired) electrons. The molecular formula is C13H24N2. The van der Waals surface area contributed by atoms with Gasteiger partial charge in [0.05, 0.1) is 6.04 Å². The minimum atomic E-state index is 0.309. The third-order valence-electron chi connectivity index (χ3n) is 3.43. The summed E-state index contributed by atoms with van der Waals surface area (Å²) in [5.41, 5.74) is 0.